The average molecular weight is 356 g/mol. The number of methoxy groups -OCH3 is 1. The standard InChI is InChI=1S/C8H9IN2O4S/c1-15-8(12)11-16(13,14)10-7-4-2-6(9)3-5-7/h2-5,10H,1H3,(H,11,12). The Bertz CT molecular complexity index is 471. The number of carbonyl (C=O) groups excluding carboxylic acids is 1. The first kappa shape index (κ1) is 13.0. The Labute approximate surface area is 107 Å². The van der Waals surface area contributed by atoms with Crippen molar-refractivity contribution in [3.05, 3.63) is 27.8 Å². The second kappa shape index (κ2) is 5.34. The van der Waals surface area contributed by atoms with Crippen LogP contribution in [0, 0.1) is 3.57 Å². The van der Waals surface area contributed by atoms with Crippen molar-refractivity contribution in [3.63, 3.8) is 0 Å². The van der Waals surface area contributed by atoms with E-state index in [0.717, 1.165) is 10.7 Å². The molecule has 0 fully saturated rings. The summed E-state index contributed by atoms with van der Waals surface area (Å²) in [6.45, 7) is 0. The summed E-state index contributed by atoms with van der Waals surface area (Å²) in [5.41, 5.74) is 0.358. The number of amides is 1. The molecule has 0 unspecified atom stereocenters. The molecule has 2 N–H and O–H groups in total. The molecule has 1 aromatic rings. The fraction of sp³-hybridized carbons (Fsp3) is 0.125. The molecule has 0 heterocycles. The molecule has 1 aromatic carbocycles. The van der Waals surface area contributed by atoms with Gasteiger partial charge in [-0.1, -0.05) is 0 Å². The molecule has 88 valence electrons. The van der Waals surface area contributed by atoms with Gasteiger partial charge < -0.3 is 4.74 Å². The van der Waals surface area contributed by atoms with Gasteiger partial charge >= 0.3 is 16.3 Å². The molecule has 8 heteroatoms. The van der Waals surface area contributed by atoms with E-state index in [9.17, 15) is 13.2 Å². The van der Waals surface area contributed by atoms with Crippen molar-refractivity contribution < 1.29 is 17.9 Å². The van der Waals surface area contributed by atoms with Crippen molar-refractivity contribution in [2.75, 3.05) is 11.8 Å². The van der Waals surface area contributed by atoms with E-state index in [0.29, 0.717) is 5.69 Å². The van der Waals surface area contributed by atoms with Crippen LogP contribution in [0.3, 0.4) is 0 Å². The van der Waals surface area contributed by atoms with Crippen molar-refractivity contribution in [1.29, 1.82) is 0 Å². The van der Waals surface area contributed by atoms with E-state index < -0.39 is 16.3 Å². The molecule has 0 radical (unpaired) electrons. The third-order valence-electron chi connectivity index (χ3n) is 1.50. The lowest BCUT2D eigenvalue weighted by atomic mass is 10.3. The lowest BCUT2D eigenvalue weighted by Gasteiger charge is -2.08. The number of halogens is 1. The molecule has 0 saturated carbocycles. The monoisotopic (exact) mass is 356 g/mol. The smallest absolute Gasteiger partial charge is 0.422 e. The molecular weight excluding hydrogens is 347 g/mol. The fourth-order valence-electron chi connectivity index (χ4n) is 0.850. The van der Waals surface area contributed by atoms with E-state index in [1.807, 2.05) is 0 Å². The first-order chi connectivity index (χ1) is 7.43. The van der Waals surface area contributed by atoms with Crippen LogP contribution in [-0.4, -0.2) is 21.6 Å². The molecule has 6 nitrogen and oxygen atoms in total. The van der Waals surface area contributed by atoms with Gasteiger partial charge in [0.25, 0.3) is 0 Å². The first-order valence-electron chi connectivity index (χ1n) is 4.07. The van der Waals surface area contributed by atoms with E-state index in [1.54, 1.807) is 29.0 Å². The van der Waals surface area contributed by atoms with Gasteiger partial charge in [0, 0.05) is 3.57 Å². The first-order valence-corrected chi connectivity index (χ1v) is 6.63. The molecule has 16 heavy (non-hydrogen) atoms. The normalized spacial score (nSPS) is 10.6. The summed E-state index contributed by atoms with van der Waals surface area (Å²) >= 11 is 2.09. The van der Waals surface area contributed by atoms with Gasteiger partial charge in [0.15, 0.2) is 0 Å². The predicted octanol–water partition coefficient (Wildman–Crippen LogP) is 1.30. The number of rotatable bonds is 3. The van der Waals surface area contributed by atoms with E-state index in [4.69, 9.17) is 0 Å². The molecular formula is C8H9IN2O4S. The average Bonchev–Trinajstić information content (AvgIpc) is 2.20. The van der Waals surface area contributed by atoms with Gasteiger partial charge in [-0.25, -0.2) is 9.52 Å². The number of ether oxygens (including phenoxy) is 1. The van der Waals surface area contributed by atoms with Crippen LogP contribution in [-0.2, 0) is 14.9 Å². The summed E-state index contributed by atoms with van der Waals surface area (Å²) in [7, 11) is -2.86. The Kier molecular flexibility index (Phi) is 4.35. The SMILES string of the molecule is COC(=O)NS(=O)(=O)Nc1ccc(I)cc1. The molecule has 0 aromatic heterocycles. The highest BCUT2D eigenvalue weighted by Crippen LogP contribution is 2.11. The van der Waals surface area contributed by atoms with Crippen LogP contribution >= 0.6 is 22.6 Å². The molecule has 0 aliphatic carbocycles. The molecule has 0 aliphatic rings. The zero-order chi connectivity index (χ0) is 12.2. The Balaban J connectivity index is 2.73. The van der Waals surface area contributed by atoms with Gasteiger partial charge in [0.05, 0.1) is 12.8 Å². The lowest BCUT2D eigenvalue weighted by molar-refractivity contribution is 0.177. The van der Waals surface area contributed by atoms with E-state index in [1.165, 1.54) is 0 Å². The number of hydrogen-bond acceptors (Lipinski definition) is 4. The maximum Gasteiger partial charge on any atom is 0.422 e. The van der Waals surface area contributed by atoms with Crippen molar-refractivity contribution in [2.45, 2.75) is 0 Å². The molecule has 0 atom stereocenters. The van der Waals surface area contributed by atoms with Gasteiger partial charge in [0.1, 0.15) is 0 Å². The molecule has 0 bridgehead atoms. The minimum Gasteiger partial charge on any atom is -0.452 e. The Morgan fingerprint density at radius 1 is 1.31 bits per heavy atom. The maximum absolute atomic E-state index is 11.3. The topological polar surface area (TPSA) is 84.5 Å². The molecule has 1 rings (SSSR count). The summed E-state index contributed by atoms with van der Waals surface area (Å²) in [4.78, 5) is 10.7. The van der Waals surface area contributed by atoms with Crippen molar-refractivity contribution in [1.82, 2.24) is 4.72 Å². The number of nitrogens with one attached hydrogen (secondary N) is 2. The minimum atomic E-state index is -3.94. The summed E-state index contributed by atoms with van der Waals surface area (Å²) in [5.74, 6) is 0. The molecule has 0 spiro atoms. The largest absolute Gasteiger partial charge is 0.452 e. The van der Waals surface area contributed by atoms with Crippen LogP contribution < -0.4 is 9.44 Å². The maximum atomic E-state index is 11.3. The summed E-state index contributed by atoms with van der Waals surface area (Å²) in [5, 5.41) is 0. The van der Waals surface area contributed by atoms with Gasteiger partial charge in [-0.2, -0.15) is 8.42 Å². The summed E-state index contributed by atoms with van der Waals surface area (Å²) in [6.07, 6.45) is -1.04. The number of anilines is 1. The molecule has 0 aliphatic heterocycles. The minimum absolute atomic E-state index is 0.358. The number of carbonyl (C=O) groups is 1. The van der Waals surface area contributed by atoms with E-state index >= 15 is 0 Å². The van der Waals surface area contributed by atoms with Gasteiger partial charge in [-0.15, -0.1) is 0 Å². The van der Waals surface area contributed by atoms with Crippen LogP contribution in [0.15, 0.2) is 24.3 Å². The van der Waals surface area contributed by atoms with Crippen LogP contribution in [0.4, 0.5) is 10.5 Å². The van der Waals surface area contributed by atoms with E-state index in [2.05, 4.69) is 32.0 Å². The molecule has 0 saturated heterocycles. The highest BCUT2D eigenvalue weighted by atomic mass is 127. The third kappa shape index (κ3) is 4.23. The quantitative estimate of drug-likeness (QED) is 0.800. The van der Waals surface area contributed by atoms with E-state index in [-0.39, 0.29) is 0 Å². The lowest BCUT2D eigenvalue weighted by Crippen LogP contribution is -2.35. The molecule has 1 amide bonds. The zero-order valence-corrected chi connectivity index (χ0v) is 11.2. The van der Waals surface area contributed by atoms with Gasteiger partial charge in [-0.05, 0) is 46.9 Å². The zero-order valence-electron chi connectivity index (χ0n) is 8.23. The van der Waals surface area contributed by atoms with Crippen molar-refractivity contribution in [3.8, 4) is 0 Å². The highest BCUT2D eigenvalue weighted by molar-refractivity contribution is 14.1. The van der Waals surface area contributed by atoms with Crippen LogP contribution in [0.2, 0.25) is 0 Å². The second-order valence-electron chi connectivity index (χ2n) is 2.71. The Morgan fingerprint density at radius 2 is 1.88 bits per heavy atom. The highest BCUT2D eigenvalue weighted by Gasteiger charge is 2.13. The third-order valence-corrected chi connectivity index (χ3v) is 3.16. The second-order valence-corrected chi connectivity index (χ2v) is 5.37. The Hall–Kier alpha value is -1.03. The fourth-order valence-corrected chi connectivity index (χ4v) is 2.01. The predicted molar refractivity (Wildman–Crippen MR) is 67.2 cm³/mol. The van der Waals surface area contributed by atoms with Crippen molar-refractivity contribution >= 4 is 44.6 Å². The summed E-state index contributed by atoms with van der Waals surface area (Å²) in [6, 6.07) is 6.63. The number of benzene rings is 1. The number of hydrogen-bond donors (Lipinski definition) is 2. The van der Waals surface area contributed by atoms with Crippen LogP contribution in [0.1, 0.15) is 0 Å². The van der Waals surface area contributed by atoms with Crippen LogP contribution in [0.5, 0.6) is 0 Å². The summed E-state index contributed by atoms with van der Waals surface area (Å²) < 4.78 is 31.6. The van der Waals surface area contributed by atoms with Crippen LogP contribution in [0.25, 0.3) is 0 Å². The van der Waals surface area contributed by atoms with Gasteiger partial charge in [0.2, 0.25) is 0 Å². The van der Waals surface area contributed by atoms with Crippen molar-refractivity contribution in [2.24, 2.45) is 0 Å². The van der Waals surface area contributed by atoms with Gasteiger partial charge in [-0.3, -0.25) is 4.72 Å². The Morgan fingerprint density at radius 3 is 2.38 bits per heavy atom.